The molecule has 0 fully saturated rings. The Kier molecular flexibility index (Phi) is 2.55. The van der Waals surface area contributed by atoms with Crippen LogP contribution in [0.4, 0.5) is 13.2 Å². The highest BCUT2D eigenvalue weighted by molar-refractivity contribution is 4.93. The predicted octanol–water partition coefficient (Wildman–Crippen LogP) is 0.894. The molecule has 0 aliphatic rings. The first-order valence-corrected chi connectivity index (χ1v) is 3.59. The lowest BCUT2D eigenvalue weighted by Crippen LogP contribution is -2.24. The normalized spacial score (nSPS) is 14.5. The molecule has 1 aromatic rings. The zero-order chi connectivity index (χ0) is 10.1. The fraction of sp³-hybridized carbons (Fsp3) is 0.667. The highest BCUT2D eigenvalue weighted by atomic mass is 19.4. The van der Waals surface area contributed by atoms with E-state index in [2.05, 4.69) is 10.1 Å². The topological polar surface area (TPSA) is 50.9 Å². The van der Waals surface area contributed by atoms with Crippen LogP contribution in [0.5, 0.6) is 0 Å². The molecule has 13 heavy (non-hydrogen) atoms. The van der Waals surface area contributed by atoms with Gasteiger partial charge in [-0.2, -0.15) is 18.3 Å². The minimum Gasteiger partial charge on any atom is -0.377 e. The van der Waals surface area contributed by atoms with Gasteiger partial charge in [0.25, 0.3) is 0 Å². The van der Waals surface area contributed by atoms with E-state index in [1.54, 1.807) is 6.92 Å². The van der Waals surface area contributed by atoms with E-state index in [1.807, 2.05) is 0 Å². The lowest BCUT2D eigenvalue weighted by atomic mass is 10.3. The zero-order valence-electron chi connectivity index (χ0n) is 6.78. The summed E-state index contributed by atoms with van der Waals surface area (Å²) < 4.78 is 37.0. The van der Waals surface area contributed by atoms with E-state index < -0.39 is 18.1 Å². The summed E-state index contributed by atoms with van der Waals surface area (Å²) in [4.78, 5) is 3.34. The molecule has 0 aliphatic carbocycles. The van der Waals surface area contributed by atoms with Crippen molar-refractivity contribution in [3.63, 3.8) is 0 Å². The highest BCUT2D eigenvalue weighted by Crippen LogP contribution is 2.30. The van der Waals surface area contributed by atoms with E-state index in [0.717, 1.165) is 11.0 Å². The number of rotatable bonds is 2. The van der Waals surface area contributed by atoms with Gasteiger partial charge in [0.1, 0.15) is 6.33 Å². The molecule has 0 unspecified atom stereocenters. The molecule has 1 rings (SSSR count). The molecule has 0 saturated carbocycles. The van der Waals surface area contributed by atoms with Gasteiger partial charge in [-0.15, -0.1) is 0 Å². The molecule has 7 heteroatoms. The average Bonchev–Trinajstić information content (AvgIpc) is 2.48. The lowest BCUT2D eigenvalue weighted by Gasteiger charge is -2.13. The quantitative estimate of drug-likeness (QED) is 0.762. The Morgan fingerprint density at radius 1 is 1.62 bits per heavy atom. The van der Waals surface area contributed by atoms with E-state index >= 15 is 0 Å². The minimum atomic E-state index is -4.69. The van der Waals surface area contributed by atoms with Crippen LogP contribution in [-0.2, 0) is 6.54 Å². The number of hydrogen-bond donors (Lipinski definition) is 1. The largest absolute Gasteiger partial charge is 0.421 e. The molecule has 74 valence electrons. The molecular formula is C6H8F3N3O. The Morgan fingerprint density at radius 3 is 2.69 bits per heavy atom. The monoisotopic (exact) mass is 195 g/mol. The zero-order valence-corrected chi connectivity index (χ0v) is 6.78. The summed E-state index contributed by atoms with van der Waals surface area (Å²) in [7, 11) is 0. The van der Waals surface area contributed by atoms with Gasteiger partial charge in [-0.05, 0) is 6.92 Å². The van der Waals surface area contributed by atoms with Crippen LogP contribution in [-0.4, -0.2) is 26.0 Å². The maximum Gasteiger partial charge on any atom is 0.421 e. The standard InChI is InChI=1S/C6H8F3N3O/c1-2-12-5(10-3-11-12)4(13)6(7,8)9/h3-4,13H,2H2,1H3/t4-/m1/s1. The second kappa shape index (κ2) is 3.33. The molecule has 0 amide bonds. The Labute approximate surface area is 72.0 Å². The summed E-state index contributed by atoms with van der Waals surface area (Å²) in [6.45, 7) is 1.85. The Bertz CT molecular complexity index is 283. The number of aromatic nitrogens is 3. The summed E-state index contributed by atoms with van der Waals surface area (Å²) in [6, 6.07) is 0. The second-order valence-electron chi connectivity index (χ2n) is 2.38. The molecule has 0 aliphatic heterocycles. The summed E-state index contributed by atoms with van der Waals surface area (Å²) in [5.74, 6) is -0.477. The average molecular weight is 195 g/mol. The van der Waals surface area contributed by atoms with Crippen LogP contribution in [0.1, 0.15) is 18.9 Å². The molecule has 1 aromatic heterocycles. The third-order valence-corrected chi connectivity index (χ3v) is 1.50. The van der Waals surface area contributed by atoms with Gasteiger partial charge in [0.2, 0.25) is 6.10 Å². The van der Waals surface area contributed by atoms with E-state index in [4.69, 9.17) is 5.11 Å². The molecule has 1 heterocycles. The SMILES string of the molecule is CCn1ncnc1[C@@H](O)C(F)(F)F. The fourth-order valence-electron chi connectivity index (χ4n) is 0.875. The maximum atomic E-state index is 12.0. The van der Waals surface area contributed by atoms with E-state index in [1.165, 1.54) is 0 Å². The molecule has 0 bridgehead atoms. The number of nitrogens with zero attached hydrogens (tertiary/aromatic N) is 3. The van der Waals surface area contributed by atoms with E-state index in [9.17, 15) is 13.2 Å². The third-order valence-electron chi connectivity index (χ3n) is 1.50. The van der Waals surface area contributed by atoms with Crippen LogP contribution in [0.15, 0.2) is 6.33 Å². The molecular weight excluding hydrogens is 187 g/mol. The van der Waals surface area contributed by atoms with Crippen molar-refractivity contribution in [3.8, 4) is 0 Å². The number of aliphatic hydroxyl groups is 1. The van der Waals surface area contributed by atoms with Gasteiger partial charge in [-0.3, -0.25) is 0 Å². The Hall–Kier alpha value is -1.11. The van der Waals surface area contributed by atoms with Crippen molar-refractivity contribution in [2.75, 3.05) is 0 Å². The first-order chi connectivity index (χ1) is 5.96. The molecule has 0 aromatic carbocycles. The van der Waals surface area contributed by atoms with Gasteiger partial charge in [0.15, 0.2) is 5.82 Å². The number of alkyl halides is 3. The van der Waals surface area contributed by atoms with Gasteiger partial charge in [0.05, 0.1) is 0 Å². The predicted molar refractivity (Wildman–Crippen MR) is 36.7 cm³/mol. The molecule has 1 atom stereocenters. The van der Waals surface area contributed by atoms with Crippen molar-refractivity contribution in [1.29, 1.82) is 0 Å². The van der Waals surface area contributed by atoms with Crippen LogP contribution < -0.4 is 0 Å². The lowest BCUT2D eigenvalue weighted by molar-refractivity contribution is -0.210. The Balaban J connectivity index is 2.94. The van der Waals surface area contributed by atoms with E-state index in [-0.39, 0.29) is 6.54 Å². The number of hydrogen-bond acceptors (Lipinski definition) is 3. The Morgan fingerprint density at radius 2 is 2.23 bits per heavy atom. The van der Waals surface area contributed by atoms with Crippen LogP contribution >= 0.6 is 0 Å². The van der Waals surface area contributed by atoms with Crippen molar-refractivity contribution >= 4 is 0 Å². The smallest absolute Gasteiger partial charge is 0.377 e. The van der Waals surface area contributed by atoms with Crippen LogP contribution in [0.2, 0.25) is 0 Å². The van der Waals surface area contributed by atoms with Crippen molar-refractivity contribution in [3.05, 3.63) is 12.2 Å². The maximum absolute atomic E-state index is 12.0. The molecule has 0 spiro atoms. The van der Waals surface area contributed by atoms with Crippen LogP contribution in [0.25, 0.3) is 0 Å². The highest BCUT2D eigenvalue weighted by Gasteiger charge is 2.42. The summed E-state index contributed by atoms with van der Waals surface area (Å²) in [5.41, 5.74) is 0. The number of halogens is 3. The van der Waals surface area contributed by atoms with Gasteiger partial charge >= 0.3 is 6.18 Å². The van der Waals surface area contributed by atoms with Crippen molar-refractivity contribution in [2.24, 2.45) is 0 Å². The molecule has 0 radical (unpaired) electrons. The number of aryl methyl sites for hydroxylation is 1. The first-order valence-electron chi connectivity index (χ1n) is 3.59. The van der Waals surface area contributed by atoms with Crippen LogP contribution in [0, 0.1) is 0 Å². The van der Waals surface area contributed by atoms with Gasteiger partial charge < -0.3 is 5.11 Å². The van der Waals surface area contributed by atoms with Crippen LogP contribution in [0.3, 0.4) is 0 Å². The van der Waals surface area contributed by atoms with Gasteiger partial charge in [0, 0.05) is 6.54 Å². The molecule has 1 N–H and O–H groups in total. The first kappa shape index (κ1) is 9.97. The van der Waals surface area contributed by atoms with Gasteiger partial charge in [-0.1, -0.05) is 0 Å². The van der Waals surface area contributed by atoms with Crippen molar-refractivity contribution in [2.45, 2.75) is 25.7 Å². The van der Waals surface area contributed by atoms with Gasteiger partial charge in [-0.25, -0.2) is 9.67 Å². The van der Waals surface area contributed by atoms with Crippen molar-refractivity contribution in [1.82, 2.24) is 14.8 Å². The minimum absolute atomic E-state index is 0.239. The van der Waals surface area contributed by atoms with E-state index in [0.29, 0.717) is 0 Å². The molecule has 4 nitrogen and oxygen atoms in total. The third kappa shape index (κ3) is 1.97. The fourth-order valence-corrected chi connectivity index (χ4v) is 0.875. The summed E-state index contributed by atoms with van der Waals surface area (Å²) in [5, 5.41) is 12.3. The summed E-state index contributed by atoms with van der Waals surface area (Å²) in [6.07, 6.45) is -6.27. The summed E-state index contributed by atoms with van der Waals surface area (Å²) >= 11 is 0. The molecule has 0 saturated heterocycles. The second-order valence-corrected chi connectivity index (χ2v) is 2.38. The van der Waals surface area contributed by atoms with Crippen molar-refractivity contribution < 1.29 is 18.3 Å². The number of aliphatic hydroxyl groups excluding tert-OH is 1.